The molecule has 2 aromatic rings. The standard InChI is InChI=1S/C18H24N2S/c1-5-8-19-12-16-6-7-17(11-14(16)3)21-18-10-13(2)9-15(4)20-18/h6-7,9-11,19H,5,8,12H2,1-4H3. The maximum absolute atomic E-state index is 4.59. The Bertz CT molecular complexity index is 588. The summed E-state index contributed by atoms with van der Waals surface area (Å²) in [5.74, 6) is 0. The highest BCUT2D eigenvalue weighted by atomic mass is 32.2. The average Bonchev–Trinajstić information content (AvgIpc) is 2.40. The Kier molecular flexibility index (Phi) is 5.83. The third-order valence-electron chi connectivity index (χ3n) is 3.35. The van der Waals surface area contributed by atoms with Crippen molar-refractivity contribution in [3.8, 4) is 0 Å². The molecule has 0 saturated carbocycles. The monoisotopic (exact) mass is 300 g/mol. The molecule has 1 heterocycles. The van der Waals surface area contributed by atoms with Crippen LogP contribution in [-0.4, -0.2) is 11.5 Å². The molecule has 0 atom stereocenters. The summed E-state index contributed by atoms with van der Waals surface area (Å²) in [5.41, 5.74) is 5.06. The lowest BCUT2D eigenvalue weighted by atomic mass is 10.1. The second-order valence-corrected chi connectivity index (χ2v) is 6.59. The zero-order chi connectivity index (χ0) is 15.2. The molecule has 3 heteroatoms. The van der Waals surface area contributed by atoms with Crippen LogP contribution in [-0.2, 0) is 6.54 Å². The van der Waals surface area contributed by atoms with Gasteiger partial charge in [-0.3, -0.25) is 0 Å². The van der Waals surface area contributed by atoms with Gasteiger partial charge in [0.25, 0.3) is 0 Å². The molecule has 0 aliphatic rings. The minimum atomic E-state index is 0.951. The van der Waals surface area contributed by atoms with Gasteiger partial charge in [0.15, 0.2) is 0 Å². The molecule has 21 heavy (non-hydrogen) atoms. The quantitative estimate of drug-likeness (QED) is 0.786. The Hall–Kier alpha value is -1.32. The Morgan fingerprint density at radius 2 is 1.90 bits per heavy atom. The molecule has 0 aliphatic carbocycles. The van der Waals surface area contributed by atoms with E-state index >= 15 is 0 Å². The maximum Gasteiger partial charge on any atom is 0.101 e. The third-order valence-corrected chi connectivity index (χ3v) is 4.26. The fourth-order valence-electron chi connectivity index (χ4n) is 2.31. The number of nitrogens with one attached hydrogen (secondary N) is 1. The van der Waals surface area contributed by atoms with Gasteiger partial charge >= 0.3 is 0 Å². The molecule has 0 saturated heterocycles. The first-order valence-electron chi connectivity index (χ1n) is 7.52. The van der Waals surface area contributed by atoms with Gasteiger partial charge in [0, 0.05) is 17.1 Å². The van der Waals surface area contributed by atoms with Crippen molar-refractivity contribution in [3.63, 3.8) is 0 Å². The summed E-state index contributed by atoms with van der Waals surface area (Å²) in [7, 11) is 0. The van der Waals surface area contributed by atoms with Crippen molar-refractivity contribution < 1.29 is 0 Å². The number of pyridine rings is 1. The number of aryl methyl sites for hydroxylation is 3. The molecule has 0 amide bonds. The minimum absolute atomic E-state index is 0.951. The Morgan fingerprint density at radius 1 is 1.10 bits per heavy atom. The van der Waals surface area contributed by atoms with E-state index in [9.17, 15) is 0 Å². The summed E-state index contributed by atoms with van der Waals surface area (Å²) >= 11 is 1.74. The fourth-order valence-corrected chi connectivity index (χ4v) is 3.36. The van der Waals surface area contributed by atoms with Crippen molar-refractivity contribution in [2.45, 2.75) is 50.6 Å². The van der Waals surface area contributed by atoms with Gasteiger partial charge in [-0.15, -0.1) is 0 Å². The van der Waals surface area contributed by atoms with E-state index in [0.717, 1.165) is 23.8 Å². The SMILES string of the molecule is CCCNCc1ccc(Sc2cc(C)cc(C)n2)cc1C. The number of hydrogen-bond acceptors (Lipinski definition) is 3. The first-order chi connectivity index (χ1) is 10.1. The number of nitrogens with zero attached hydrogens (tertiary/aromatic N) is 1. The maximum atomic E-state index is 4.59. The molecular formula is C18H24N2S. The van der Waals surface area contributed by atoms with Crippen LogP contribution >= 0.6 is 11.8 Å². The largest absolute Gasteiger partial charge is 0.313 e. The van der Waals surface area contributed by atoms with Gasteiger partial charge in [0.05, 0.1) is 0 Å². The zero-order valence-corrected chi connectivity index (χ0v) is 14.2. The predicted octanol–water partition coefficient (Wildman–Crippen LogP) is 4.66. The highest BCUT2D eigenvalue weighted by Gasteiger charge is 2.04. The number of benzene rings is 1. The van der Waals surface area contributed by atoms with Crippen molar-refractivity contribution in [2.75, 3.05) is 6.54 Å². The first-order valence-corrected chi connectivity index (χ1v) is 8.33. The predicted molar refractivity (Wildman–Crippen MR) is 91.0 cm³/mol. The van der Waals surface area contributed by atoms with Gasteiger partial charge in [0.1, 0.15) is 5.03 Å². The van der Waals surface area contributed by atoms with Crippen LogP contribution in [0.5, 0.6) is 0 Å². The Morgan fingerprint density at radius 3 is 2.57 bits per heavy atom. The summed E-state index contributed by atoms with van der Waals surface area (Å²) < 4.78 is 0. The van der Waals surface area contributed by atoms with E-state index in [2.05, 4.69) is 61.4 Å². The molecule has 0 bridgehead atoms. The van der Waals surface area contributed by atoms with Crippen molar-refractivity contribution in [3.05, 3.63) is 52.7 Å². The lowest BCUT2D eigenvalue weighted by Crippen LogP contribution is -2.14. The third kappa shape index (κ3) is 4.87. The van der Waals surface area contributed by atoms with Crippen LogP contribution in [0, 0.1) is 20.8 Å². The van der Waals surface area contributed by atoms with E-state index in [1.54, 1.807) is 11.8 Å². The summed E-state index contributed by atoms with van der Waals surface area (Å²) in [5, 5.41) is 4.53. The molecule has 0 aliphatic heterocycles. The van der Waals surface area contributed by atoms with E-state index in [4.69, 9.17) is 0 Å². The van der Waals surface area contributed by atoms with Crippen LogP contribution in [0.4, 0.5) is 0 Å². The van der Waals surface area contributed by atoms with Gasteiger partial charge < -0.3 is 5.32 Å². The summed E-state index contributed by atoms with van der Waals surface area (Å²) in [6, 6.07) is 10.9. The molecule has 2 nitrogen and oxygen atoms in total. The molecule has 0 spiro atoms. The number of hydrogen-bond donors (Lipinski definition) is 1. The summed E-state index contributed by atoms with van der Waals surface area (Å²) in [6.45, 7) is 10.6. The second-order valence-electron chi connectivity index (χ2n) is 5.49. The molecule has 1 N–H and O–H groups in total. The van der Waals surface area contributed by atoms with Crippen LogP contribution in [0.25, 0.3) is 0 Å². The van der Waals surface area contributed by atoms with Crippen molar-refractivity contribution in [1.82, 2.24) is 10.3 Å². The van der Waals surface area contributed by atoms with Crippen LogP contribution in [0.3, 0.4) is 0 Å². The van der Waals surface area contributed by atoms with Gasteiger partial charge in [-0.1, -0.05) is 24.8 Å². The van der Waals surface area contributed by atoms with E-state index in [1.807, 2.05) is 6.92 Å². The first kappa shape index (κ1) is 16.1. The van der Waals surface area contributed by atoms with Crippen molar-refractivity contribution in [2.24, 2.45) is 0 Å². The van der Waals surface area contributed by atoms with Crippen LogP contribution in [0.2, 0.25) is 0 Å². The van der Waals surface area contributed by atoms with E-state index < -0.39 is 0 Å². The van der Waals surface area contributed by atoms with E-state index in [1.165, 1.54) is 28.0 Å². The zero-order valence-electron chi connectivity index (χ0n) is 13.4. The molecule has 1 aromatic carbocycles. The van der Waals surface area contributed by atoms with Crippen molar-refractivity contribution >= 4 is 11.8 Å². The average molecular weight is 300 g/mol. The van der Waals surface area contributed by atoms with Gasteiger partial charge in [-0.25, -0.2) is 4.98 Å². The molecule has 1 aromatic heterocycles. The summed E-state index contributed by atoms with van der Waals surface area (Å²) in [4.78, 5) is 5.85. The highest BCUT2D eigenvalue weighted by Crippen LogP contribution is 2.28. The smallest absolute Gasteiger partial charge is 0.101 e. The highest BCUT2D eigenvalue weighted by molar-refractivity contribution is 7.99. The molecule has 0 unspecified atom stereocenters. The topological polar surface area (TPSA) is 24.9 Å². The second kappa shape index (κ2) is 7.62. The molecular weight excluding hydrogens is 276 g/mol. The van der Waals surface area contributed by atoms with E-state index in [0.29, 0.717) is 0 Å². The van der Waals surface area contributed by atoms with Crippen LogP contribution in [0.15, 0.2) is 40.3 Å². The normalized spacial score (nSPS) is 10.9. The minimum Gasteiger partial charge on any atom is -0.313 e. The number of aromatic nitrogens is 1. The molecule has 2 rings (SSSR count). The Labute approximate surface area is 132 Å². The van der Waals surface area contributed by atoms with Crippen LogP contribution in [0.1, 0.15) is 35.7 Å². The van der Waals surface area contributed by atoms with Crippen molar-refractivity contribution in [1.29, 1.82) is 0 Å². The molecule has 0 fully saturated rings. The lowest BCUT2D eigenvalue weighted by Gasteiger charge is -2.10. The molecule has 112 valence electrons. The summed E-state index contributed by atoms with van der Waals surface area (Å²) in [6.07, 6.45) is 1.17. The van der Waals surface area contributed by atoms with Gasteiger partial charge in [0.2, 0.25) is 0 Å². The van der Waals surface area contributed by atoms with Gasteiger partial charge in [-0.2, -0.15) is 0 Å². The Balaban J connectivity index is 2.09. The van der Waals surface area contributed by atoms with Crippen LogP contribution < -0.4 is 5.32 Å². The number of rotatable bonds is 6. The van der Waals surface area contributed by atoms with E-state index in [-0.39, 0.29) is 0 Å². The van der Waals surface area contributed by atoms with Gasteiger partial charge in [-0.05, 0) is 74.7 Å². The lowest BCUT2D eigenvalue weighted by molar-refractivity contribution is 0.673. The molecule has 0 radical (unpaired) electrons. The fraction of sp³-hybridized carbons (Fsp3) is 0.389.